The highest BCUT2D eigenvalue weighted by molar-refractivity contribution is 7.22. The highest BCUT2D eigenvalue weighted by atomic mass is 35.5. The summed E-state index contributed by atoms with van der Waals surface area (Å²) in [6.07, 6.45) is 0. The Morgan fingerprint density at radius 1 is 1.29 bits per heavy atom. The number of benzene rings is 2. The van der Waals surface area contributed by atoms with E-state index in [1.807, 2.05) is 17.0 Å². The Balaban J connectivity index is 1.68. The summed E-state index contributed by atoms with van der Waals surface area (Å²) < 4.78 is 6.20. The molecule has 1 N–H and O–H groups in total. The van der Waals surface area contributed by atoms with Gasteiger partial charge >= 0.3 is 0 Å². The van der Waals surface area contributed by atoms with E-state index in [0.29, 0.717) is 47.7 Å². The summed E-state index contributed by atoms with van der Waals surface area (Å²) in [5.41, 5.74) is 1.32. The van der Waals surface area contributed by atoms with E-state index in [0.717, 1.165) is 4.70 Å². The largest absolute Gasteiger partial charge is 0.378 e. The molecule has 1 aliphatic rings. The third-order valence-electron chi connectivity index (χ3n) is 4.38. The number of non-ortho nitro benzene ring substituents is 1. The topological polar surface area (TPSA) is 97.6 Å². The van der Waals surface area contributed by atoms with Crippen molar-refractivity contribution >= 4 is 55.6 Å². The summed E-state index contributed by atoms with van der Waals surface area (Å²) in [5, 5.41) is 14.8. The molecule has 0 spiro atoms. The van der Waals surface area contributed by atoms with Crippen LogP contribution in [-0.2, 0) is 4.74 Å². The number of nitrogens with one attached hydrogen (secondary N) is 1. The molecular formula is C18H15ClN4O4S. The summed E-state index contributed by atoms with van der Waals surface area (Å²) in [6.45, 7) is 2.28. The maximum atomic E-state index is 13.0. The molecule has 144 valence electrons. The summed E-state index contributed by atoms with van der Waals surface area (Å²) in [5.74, 6) is -0.458. The Hall–Kier alpha value is -2.75. The minimum Gasteiger partial charge on any atom is -0.378 e. The van der Waals surface area contributed by atoms with Crippen LogP contribution in [0.2, 0.25) is 5.02 Å². The second kappa shape index (κ2) is 7.70. The van der Waals surface area contributed by atoms with Crippen molar-refractivity contribution in [3.63, 3.8) is 0 Å². The fraction of sp³-hybridized carbons (Fsp3) is 0.222. The summed E-state index contributed by atoms with van der Waals surface area (Å²) in [6, 6.07) is 9.70. The van der Waals surface area contributed by atoms with Gasteiger partial charge in [-0.1, -0.05) is 29.0 Å². The minimum absolute atomic E-state index is 0.144. The first-order valence-electron chi connectivity index (χ1n) is 8.50. The summed E-state index contributed by atoms with van der Waals surface area (Å²) in [4.78, 5) is 30.0. The van der Waals surface area contributed by atoms with Gasteiger partial charge < -0.3 is 9.64 Å². The van der Waals surface area contributed by atoms with E-state index in [2.05, 4.69) is 10.3 Å². The van der Waals surface area contributed by atoms with Crippen molar-refractivity contribution in [3.8, 4) is 0 Å². The lowest BCUT2D eigenvalue weighted by Gasteiger charge is -2.30. The Morgan fingerprint density at radius 3 is 2.79 bits per heavy atom. The average molecular weight is 419 g/mol. The molecule has 28 heavy (non-hydrogen) atoms. The van der Waals surface area contributed by atoms with E-state index in [-0.39, 0.29) is 11.3 Å². The molecule has 0 radical (unpaired) electrons. The van der Waals surface area contributed by atoms with Gasteiger partial charge in [0, 0.05) is 25.2 Å². The molecule has 0 atom stereocenters. The van der Waals surface area contributed by atoms with Crippen molar-refractivity contribution in [2.45, 2.75) is 0 Å². The zero-order valence-electron chi connectivity index (χ0n) is 14.6. The number of thiazole rings is 1. The molecule has 2 aromatic carbocycles. The van der Waals surface area contributed by atoms with Gasteiger partial charge in [0.2, 0.25) is 0 Å². The number of nitro benzene ring substituents is 1. The predicted octanol–water partition coefficient (Wildman–Crippen LogP) is 3.95. The van der Waals surface area contributed by atoms with Crippen molar-refractivity contribution < 1.29 is 14.5 Å². The number of aromatic nitrogens is 1. The number of rotatable bonds is 4. The van der Waals surface area contributed by atoms with Crippen LogP contribution in [0.5, 0.6) is 0 Å². The van der Waals surface area contributed by atoms with Crippen molar-refractivity contribution in [2.24, 2.45) is 0 Å². The van der Waals surface area contributed by atoms with Gasteiger partial charge in [-0.05, 0) is 18.2 Å². The lowest BCUT2D eigenvalue weighted by Crippen LogP contribution is -2.37. The summed E-state index contributed by atoms with van der Waals surface area (Å²) in [7, 11) is 0. The van der Waals surface area contributed by atoms with Gasteiger partial charge in [0.15, 0.2) is 5.13 Å². The third-order valence-corrected chi connectivity index (χ3v) is 5.62. The van der Waals surface area contributed by atoms with Gasteiger partial charge in [0.05, 0.1) is 39.1 Å². The maximum Gasteiger partial charge on any atom is 0.270 e. The summed E-state index contributed by atoms with van der Waals surface area (Å²) >= 11 is 7.44. The SMILES string of the molecule is O=C(Nc1nc2c(Cl)cccc2s1)c1cc([N+](=O)[O-])ccc1N1CCOCC1. The minimum atomic E-state index is -0.517. The number of nitro groups is 1. The third kappa shape index (κ3) is 3.64. The molecule has 10 heteroatoms. The number of hydrogen-bond donors (Lipinski definition) is 1. The monoisotopic (exact) mass is 418 g/mol. The number of carbonyl (C=O) groups excluding carboxylic acids is 1. The van der Waals surface area contributed by atoms with Gasteiger partial charge in [-0.15, -0.1) is 0 Å². The molecule has 1 aromatic heterocycles. The fourth-order valence-corrected chi connectivity index (χ4v) is 4.19. The molecule has 1 aliphatic heterocycles. The number of morpholine rings is 1. The van der Waals surface area contributed by atoms with E-state index < -0.39 is 10.8 Å². The van der Waals surface area contributed by atoms with Crippen molar-refractivity contribution in [2.75, 3.05) is 36.5 Å². The van der Waals surface area contributed by atoms with Crippen molar-refractivity contribution in [3.05, 3.63) is 57.1 Å². The number of halogens is 1. The number of carbonyl (C=O) groups is 1. The molecule has 1 fully saturated rings. The Labute approximate surface area is 168 Å². The Kier molecular flexibility index (Phi) is 5.12. The lowest BCUT2D eigenvalue weighted by atomic mass is 10.1. The molecule has 8 nitrogen and oxygen atoms in total. The van der Waals surface area contributed by atoms with Crippen LogP contribution in [0.3, 0.4) is 0 Å². The average Bonchev–Trinajstić information content (AvgIpc) is 3.12. The van der Waals surface area contributed by atoms with Gasteiger partial charge in [0.25, 0.3) is 11.6 Å². The number of ether oxygens (including phenoxy) is 1. The first-order chi connectivity index (χ1) is 13.5. The van der Waals surface area contributed by atoms with Crippen LogP contribution < -0.4 is 10.2 Å². The highest BCUT2D eigenvalue weighted by Gasteiger charge is 2.23. The molecule has 0 bridgehead atoms. The zero-order valence-corrected chi connectivity index (χ0v) is 16.1. The number of para-hydroxylation sites is 1. The molecule has 1 amide bonds. The number of anilines is 2. The lowest BCUT2D eigenvalue weighted by molar-refractivity contribution is -0.384. The van der Waals surface area contributed by atoms with Gasteiger partial charge in [0.1, 0.15) is 5.52 Å². The van der Waals surface area contributed by atoms with Crippen LogP contribution in [0.15, 0.2) is 36.4 Å². The number of amides is 1. The Morgan fingerprint density at radius 2 is 2.07 bits per heavy atom. The second-order valence-corrected chi connectivity index (χ2v) is 7.56. The van der Waals surface area contributed by atoms with Crippen molar-refractivity contribution in [1.82, 2.24) is 4.98 Å². The van der Waals surface area contributed by atoms with Gasteiger partial charge in [-0.2, -0.15) is 0 Å². The normalized spacial score (nSPS) is 14.2. The quantitative estimate of drug-likeness (QED) is 0.509. The van der Waals surface area contributed by atoms with Crippen LogP contribution in [0.1, 0.15) is 10.4 Å². The van der Waals surface area contributed by atoms with Crippen molar-refractivity contribution in [1.29, 1.82) is 0 Å². The van der Waals surface area contributed by atoms with Crippen LogP contribution in [0, 0.1) is 10.1 Å². The zero-order chi connectivity index (χ0) is 19.7. The van der Waals surface area contributed by atoms with Crippen LogP contribution in [0.25, 0.3) is 10.2 Å². The first kappa shape index (κ1) is 18.6. The maximum absolute atomic E-state index is 13.0. The fourth-order valence-electron chi connectivity index (χ4n) is 3.03. The molecule has 0 saturated carbocycles. The van der Waals surface area contributed by atoms with E-state index in [4.69, 9.17) is 16.3 Å². The predicted molar refractivity (Wildman–Crippen MR) is 109 cm³/mol. The van der Waals surface area contributed by atoms with E-state index >= 15 is 0 Å². The number of nitrogens with zero attached hydrogens (tertiary/aromatic N) is 3. The molecule has 1 saturated heterocycles. The van der Waals surface area contributed by atoms with Crippen LogP contribution in [0.4, 0.5) is 16.5 Å². The van der Waals surface area contributed by atoms with Gasteiger partial charge in [-0.25, -0.2) is 4.98 Å². The smallest absolute Gasteiger partial charge is 0.270 e. The molecule has 2 heterocycles. The molecule has 0 unspecified atom stereocenters. The standard InChI is InChI=1S/C18H15ClN4O4S/c19-13-2-1-3-15-16(13)20-18(28-15)21-17(24)12-10-11(23(25)26)4-5-14(12)22-6-8-27-9-7-22/h1-5,10H,6-9H2,(H,20,21,24). The molecule has 0 aliphatic carbocycles. The molecular weight excluding hydrogens is 404 g/mol. The van der Waals surface area contributed by atoms with E-state index in [9.17, 15) is 14.9 Å². The first-order valence-corrected chi connectivity index (χ1v) is 9.70. The van der Waals surface area contributed by atoms with E-state index in [1.165, 1.54) is 23.5 Å². The van der Waals surface area contributed by atoms with Crippen LogP contribution >= 0.6 is 22.9 Å². The van der Waals surface area contributed by atoms with Crippen LogP contribution in [-0.4, -0.2) is 42.1 Å². The molecule has 4 rings (SSSR count). The second-order valence-electron chi connectivity index (χ2n) is 6.12. The number of hydrogen-bond acceptors (Lipinski definition) is 7. The molecule has 3 aromatic rings. The van der Waals surface area contributed by atoms with E-state index in [1.54, 1.807) is 12.1 Å². The highest BCUT2D eigenvalue weighted by Crippen LogP contribution is 2.32. The van der Waals surface area contributed by atoms with Gasteiger partial charge in [-0.3, -0.25) is 20.2 Å². The number of fused-ring (bicyclic) bond motifs is 1. The Bertz CT molecular complexity index is 1060.